The fourth-order valence-corrected chi connectivity index (χ4v) is 3.80. The van der Waals surface area contributed by atoms with Gasteiger partial charge in [-0.15, -0.1) is 0 Å². The van der Waals surface area contributed by atoms with Crippen LogP contribution < -0.4 is 4.90 Å². The number of aromatic nitrogens is 2. The Morgan fingerprint density at radius 1 is 1.25 bits per heavy atom. The summed E-state index contributed by atoms with van der Waals surface area (Å²) in [5, 5.41) is 0. The molecule has 1 atom stereocenters. The average molecular weight is 354 g/mol. The normalized spacial score (nSPS) is 22.9. The minimum absolute atomic E-state index is 0.228. The van der Waals surface area contributed by atoms with Crippen molar-refractivity contribution in [1.82, 2.24) is 14.9 Å². The molecule has 8 heteroatoms. The second-order valence-corrected chi connectivity index (χ2v) is 8.98. The van der Waals surface area contributed by atoms with Crippen LogP contribution in [-0.2, 0) is 14.6 Å². The minimum atomic E-state index is -2.90. The van der Waals surface area contributed by atoms with E-state index in [-0.39, 0.29) is 5.75 Å². The zero-order chi connectivity index (χ0) is 17.2. The molecule has 0 radical (unpaired) electrons. The Morgan fingerprint density at radius 2 is 2.00 bits per heavy atom. The van der Waals surface area contributed by atoms with Crippen LogP contribution in [0.3, 0.4) is 0 Å². The third-order valence-corrected chi connectivity index (χ3v) is 5.59. The topological polar surface area (TPSA) is 75.6 Å². The quantitative estimate of drug-likeness (QED) is 0.760. The van der Waals surface area contributed by atoms with E-state index in [0.717, 1.165) is 63.1 Å². The molecule has 3 heterocycles. The molecule has 0 bridgehead atoms. The van der Waals surface area contributed by atoms with Crippen LogP contribution in [-0.4, -0.2) is 81.2 Å². The Kier molecular flexibility index (Phi) is 5.36. The Labute approximate surface area is 143 Å². The maximum Gasteiger partial charge on any atom is 0.148 e. The molecule has 24 heavy (non-hydrogen) atoms. The second-order valence-electron chi connectivity index (χ2n) is 6.72. The minimum Gasteiger partial charge on any atom is -0.381 e. The highest BCUT2D eigenvalue weighted by Gasteiger charge is 2.23. The van der Waals surface area contributed by atoms with Crippen molar-refractivity contribution < 1.29 is 13.2 Å². The van der Waals surface area contributed by atoms with Gasteiger partial charge < -0.3 is 9.64 Å². The summed E-state index contributed by atoms with van der Waals surface area (Å²) < 4.78 is 28.1. The monoisotopic (exact) mass is 354 g/mol. The zero-order valence-electron chi connectivity index (χ0n) is 14.4. The molecule has 7 nitrogen and oxygen atoms in total. The Morgan fingerprint density at radius 3 is 2.62 bits per heavy atom. The average Bonchev–Trinajstić information content (AvgIpc) is 3.07. The van der Waals surface area contributed by atoms with Gasteiger partial charge >= 0.3 is 0 Å². The lowest BCUT2D eigenvalue weighted by Gasteiger charge is -2.35. The van der Waals surface area contributed by atoms with Gasteiger partial charge in [-0.05, 0) is 13.3 Å². The third kappa shape index (κ3) is 4.64. The summed E-state index contributed by atoms with van der Waals surface area (Å²) in [5.41, 5.74) is 1.08. The predicted molar refractivity (Wildman–Crippen MR) is 93.3 cm³/mol. The van der Waals surface area contributed by atoms with Gasteiger partial charge in [-0.2, -0.15) is 0 Å². The molecule has 3 rings (SSSR count). The number of anilines is 1. The van der Waals surface area contributed by atoms with E-state index in [9.17, 15) is 8.42 Å². The van der Waals surface area contributed by atoms with E-state index >= 15 is 0 Å². The second kappa shape index (κ2) is 7.33. The van der Waals surface area contributed by atoms with Crippen molar-refractivity contribution >= 4 is 15.7 Å². The number of ether oxygens (including phenoxy) is 1. The van der Waals surface area contributed by atoms with Crippen LogP contribution >= 0.6 is 0 Å². The molecule has 0 N–H and O–H groups in total. The zero-order valence-corrected chi connectivity index (χ0v) is 15.3. The molecule has 0 aliphatic carbocycles. The predicted octanol–water partition coefficient (Wildman–Crippen LogP) is 0.456. The SMILES string of the molecule is Cc1nc(C2CCOC2)cc(N2CCN(CCS(C)(=O)=O)CC2)n1. The number of piperazine rings is 1. The van der Waals surface area contributed by atoms with E-state index < -0.39 is 9.84 Å². The maximum atomic E-state index is 11.3. The first-order valence-corrected chi connectivity index (χ1v) is 10.5. The molecule has 1 unspecified atom stereocenters. The van der Waals surface area contributed by atoms with Crippen LogP contribution in [0.1, 0.15) is 23.9 Å². The Hall–Kier alpha value is -1.25. The highest BCUT2D eigenvalue weighted by atomic mass is 32.2. The summed E-state index contributed by atoms with van der Waals surface area (Å²) in [6.45, 7) is 7.55. The summed E-state index contributed by atoms with van der Waals surface area (Å²) in [6, 6.07) is 2.10. The lowest BCUT2D eigenvalue weighted by molar-refractivity contribution is 0.193. The van der Waals surface area contributed by atoms with Gasteiger partial charge in [0, 0.05) is 57.6 Å². The molecule has 2 aliphatic rings. The third-order valence-electron chi connectivity index (χ3n) is 4.67. The molecule has 1 aromatic heterocycles. The number of nitrogens with zero attached hydrogens (tertiary/aromatic N) is 4. The van der Waals surface area contributed by atoms with Crippen molar-refractivity contribution in [3.8, 4) is 0 Å². The molecule has 2 saturated heterocycles. The highest BCUT2D eigenvalue weighted by Crippen LogP contribution is 2.26. The summed E-state index contributed by atoms with van der Waals surface area (Å²) in [6.07, 6.45) is 2.32. The number of hydrogen-bond acceptors (Lipinski definition) is 7. The summed E-state index contributed by atoms with van der Waals surface area (Å²) in [4.78, 5) is 13.7. The van der Waals surface area contributed by atoms with E-state index in [4.69, 9.17) is 4.74 Å². The van der Waals surface area contributed by atoms with Crippen molar-refractivity contribution in [3.05, 3.63) is 17.6 Å². The van der Waals surface area contributed by atoms with Gasteiger partial charge in [0.1, 0.15) is 21.5 Å². The largest absolute Gasteiger partial charge is 0.381 e. The molecule has 2 aliphatic heterocycles. The van der Waals surface area contributed by atoms with Crippen LogP contribution in [0.25, 0.3) is 0 Å². The first-order chi connectivity index (χ1) is 11.4. The van der Waals surface area contributed by atoms with Gasteiger partial charge in [0.05, 0.1) is 18.1 Å². The van der Waals surface area contributed by atoms with Crippen LogP contribution in [0.15, 0.2) is 6.07 Å². The highest BCUT2D eigenvalue weighted by molar-refractivity contribution is 7.90. The van der Waals surface area contributed by atoms with Gasteiger partial charge in [0.25, 0.3) is 0 Å². The van der Waals surface area contributed by atoms with Gasteiger partial charge in [0.15, 0.2) is 0 Å². The first-order valence-electron chi connectivity index (χ1n) is 8.49. The van der Waals surface area contributed by atoms with Crippen molar-refractivity contribution in [2.75, 3.05) is 62.8 Å². The smallest absolute Gasteiger partial charge is 0.148 e. The first kappa shape index (κ1) is 17.6. The van der Waals surface area contributed by atoms with Crippen molar-refractivity contribution in [1.29, 1.82) is 0 Å². The van der Waals surface area contributed by atoms with Gasteiger partial charge in [0.2, 0.25) is 0 Å². The number of aryl methyl sites for hydroxylation is 1. The van der Waals surface area contributed by atoms with E-state index in [1.807, 2.05) is 6.92 Å². The van der Waals surface area contributed by atoms with Crippen molar-refractivity contribution in [2.24, 2.45) is 0 Å². The summed E-state index contributed by atoms with van der Waals surface area (Å²) >= 11 is 0. The number of sulfone groups is 1. The van der Waals surface area contributed by atoms with E-state index in [0.29, 0.717) is 12.5 Å². The van der Waals surface area contributed by atoms with Crippen molar-refractivity contribution in [2.45, 2.75) is 19.3 Å². The molecule has 2 fully saturated rings. The molecular formula is C16H26N4O3S. The molecule has 0 spiro atoms. The lowest BCUT2D eigenvalue weighted by atomic mass is 10.0. The molecule has 1 aromatic rings. The van der Waals surface area contributed by atoms with E-state index in [2.05, 4.69) is 25.8 Å². The Bertz CT molecular complexity index is 666. The number of rotatable bonds is 5. The molecule has 0 saturated carbocycles. The van der Waals surface area contributed by atoms with E-state index in [1.165, 1.54) is 6.26 Å². The van der Waals surface area contributed by atoms with Crippen LogP contribution in [0.4, 0.5) is 5.82 Å². The fourth-order valence-electron chi connectivity index (χ4n) is 3.21. The van der Waals surface area contributed by atoms with Crippen molar-refractivity contribution in [3.63, 3.8) is 0 Å². The van der Waals surface area contributed by atoms with Crippen LogP contribution in [0.5, 0.6) is 0 Å². The van der Waals surface area contributed by atoms with Gasteiger partial charge in [-0.1, -0.05) is 0 Å². The maximum absolute atomic E-state index is 11.3. The lowest BCUT2D eigenvalue weighted by Crippen LogP contribution is -2.48. The van der Waals surface area contributed by atoms with Gasteiger partial charge in [-0.3, -0.25) is 4.90 Å². The summed E-state index contributed by atoms with van der Waals surface area (Å²) in [7, 11) is -2.90. The van der Waals surface area contributed by atoms with Gasteiger partial charge in [-0.25, -0.2) is 18.4 Å². The Balaban J connectivity index is 1.61. The van der Waals surface area contributed by atoms with Crippen LogP contribution in [0, 0.1) is 6.92 Å². The molecular weight excluding hydrogens is 328 g/mol. The standard InChI is InChI=1S/C16H26N4O3S/c1-13-17-15(14-3-9-23-12-14)11-16(18-13)20-6-4-19(5-7-20)8-10-24(2,21)22/h11,14H,3-10,12H2,1-2H3. The summed E-state index contributed by atoms with van der Waals surface area (Å²) in [5.74, 6) is 2.38. The van der Waals surface area contributed by atoms with E-state index in [1.54, 1.807) is 0 Å². The molecule has 0 aromatic carbocycles. The molecule has 0 amide bonds. The fraction of sp³-hybridized carbons (Fsp3) is 0.750. The van der Waals surface area contributed by atoms with Crippen LogP contribution in [0.2, 0.25) is 0 Å². The number of hydrogen-bond donors (Lipinski definition) is 0. The molecule has 134 valence electrons.